The van der Waals surface area contributed by atoms with Gasteiger partial charge >= 0.3 is 6.18 Å². The maximum absolute atomic E-state index is 12.3. The molecule has 0 spiro atoms. The molecular formula is C14H12F3NO2. The van der Waals surface area contributed by atoms with Gasteiger partial charge in [0, 0.05) is 5.57 Å². The highest BCUT2D eigenvalue weighted by Crippen LogP contribution is 2.51. The van der Waals surface area contributed by atoms with Gasteiger partial charge in [-0.05, 0) is 40.9 Å². The van der Waals surface area contributed by atoms with Crippen molar-refractivity contribution >= 4 is 5.91 Å². The highest BCUT2D eigenvalue weighted by atomic mass is 19.4. The van der Waals surface area contributed by atoms with Crippen molar-refractivity contribution in [2.45, 2.75) is 25.1 Å². The zero-order valence-electron chi connectivity index (χ0n) is 10.4. The number of amides is 1. The van der Waals surface area contributed by atoms with Crippen LogP contribution in [0.1, 0.15) is 12.8 Å². The Balaban J connectivity index is 1.72. The normalized spacial score (nSPS) is 20.9. The molecule has 1 amide bonds. The molecule has 0 saturated heterocycles. The van der Waals surface area contributed by atoms with E-state index >= 15 is 0 Å². The van der Waals surface area contributed by atoms with E-state index in [1.165, 1.54) is 11.1 Å². The lowest BCUT2D eigenvalue weighted by Gasteiger charge is -2.18. The number of carbonyl (C=O) groups excluding carboxylic acids is 1. The van der Waals surface area contributed by atoms with E-state index in [1.54, 1.807) is 6.08 Å². The second-order valence-electron chi connectivity index (χ2n) is 5.07. The summed E-state index contributed by atoms with van der Waals surface area (Å²) in [7, 11) is 0. The van der Waals surface area contributed by atoms with Crippen LogP contribution in [-0.2, 0) is 4.79 Å². The molecule has 0 aliphatic heterocycles. The first-order valence-electron chi connectivity index (χ1n) is 6.24. The quantitative estimate of drug-likeness (QED) is 0.828. The third-order valence-electron chi connectivity index (χ3n) is 3.55. The molecule has 0 bridgehead atoms. The number of hydrogen-bond acceptors (Lipinski definition) is 2. The van der Waals surface area contributed by atoms with Gasteiger partial charge in [-0.25, -0.2) is 0 Å². The van der Waals surface area contributed by atoms with Crippen LogP contribution in [0.2, 0.25) is 0 Å². The molecule has 3 nitrogen and oxygen atoms in total. The Morgan fingerprint density at radius 2 is 2.10 bits per heavy atom. The molecule has 1 atom stereocenters. The number of alkyl halides is 3. The molecular weight excluding hydrogens is 271 g/mol. The van der Waals surface area contributed by atoms with Crippen molar-refractivity contribution < 1.29 is 23.1 Å². The van der Waals surface area contributed by atoms with Gasteiger partial charge in [-0.2, -0.15) is 13.2 Å². The maximum atomic E-state index is 12.3. The topological polar surface area (TPSA) is 49.3 Å². The number of hydrogen-bond donors (Lipinski definition) is 2. The number of aliphatic hydroxyl groups is 1. The van der Waals surface area contributed by atoms with E-state index in [9.17, 15) is 18.0 Å². The monoisotopic (exact) mass is 283 g/mol. The van der Waals surface area contributed by atoms with E-state index in [2.05, 4.69) is 5.32 Å². The van der Waals surface area contributed by atoms with E-state index in [-0.39, 0.29) is 0 Å². The molecule has 0 heterocycles. The molecule has 0 aromatic carbocycles. The van der Waals surface area contributed by atoms with E-state index in [0.29, 0.717) is 5.57 Å². The van der Waals surface area contributed by atoms with Crippen LogP contribution in [0, 0.1) is 0 Å². The predicted octanol–water partition coefficient (Wildman–Crippen LogP) is 1.92. The molecule has 106 valence electrons. The minimum absolute atomic E-state index is 0.368. The fourth-order valence-electron chi connectivity index (χ4n) is 2.54. The lowest BCUT2D eigenvalue weighted by atomic mass is 10.1. The summed E-state index contributed by atoms with van der Waals surface area (Å²) in [4.78, 5) is 12.0. The van der Waals surface area contributed by atoms with E-state index < -0.39 is 31.2 Å². The standard InChI is InChI=1S/C14H12F3NO2/c15-14(16,17)5-8(6-19)18-13(20)10-2-1-9-11-3-7(11)4-12(9)10/h1-2,4,8,19H,3,5-6H2,(H,18,20)/t8-/m1/s1. The Kier molecular flexibility index (Phi) is 2.86. The maximum Gasteiger partial charge on any atom is 0.391 e. The van der Waals surface area contributed by atoms with Crippen LogP contribution >= 0.6 is 0 Å². The van der Waals surface area contributed by atoms with Crippen LogP contribution in [0.15, 0.2) is 46.1 Å². The zero-order chi connectivity index (χ0) is 14.5. The molecule has 1 saturated carbocycles. The van der Waals surface area contributed by atoms with Crippen LogP contribution in [0.3, 0.4) is 0 Å². The highest BCUT2D eigenvalue weighted by molar-refractivity contribution is 6.01. The summed E-state index contributed by atoms with van der Waals surface area (Å²) >= 11 is 0. The molecule has 20 heavy (non-hydrogen) atoms. The van der Waals surface area contributed by atoms with E-state index in [1.807, 2.05) is 12.2 Å². The van der Waals surface area contributed by atoms with Gasteiger partial charge in [0.05, 0.1) is 19.1 Å². The number of fused-ring (bicyclic) bond motifs is 2. The summed E-state index contributed by atoms with van der Waals surface area (Å²) in [6, 6.07) is -1.32. The van der Waals surface area contributed by atoms with Crippen molar-refractivity contribution in [2.75, 3.05) is 6.61 Å². The molecule has 3 aliphatic carbocycles. The second-order valence-corrected chi connectivity index (χ2v) is 5.07. The average molecular weight is 283 g/mol. The number of allylic oxidation sites excluding steroid dienone is 6. The SMILES string of the molecule is O=C(N[C@@H](CO)CC(F)(F)F)C1=C2C=C3CC3=C2C=C1. The number of nitrogens with one attached hydrogen (secondary N) is 1. The Hall–Kier alpha value is -1.82. The Bertz CT molecular complexity index is 608. The first-order chi connectivity index (χ1) is 9.39. The molecule has 1 fully saturated rings. The Morgan fingerprint density at radius 3 is 2.75 bits per heavy atom. The summed E-state index contributed by atoms with van der Waals surface area (Å²) < 4.78 is 36.9. The highest BCUT2D eigenvalue weighted by Gasteiger charge is 2.37. The van der Waals surface area contributed by atoms with Gasteiger partial charge in [0.1, 0.15) is 0 Å². The van der Waals surface area contributed by atoms with Crippen LogP contribution < -0.4 is 5.32 Å². The van der Waals surface area contributed by atoms with Crippen molar-refractivity contribution in [1.29, 1.82) is 0 Å². The lowest BCUT2D eigenvalue weighted by molar-refractivity contribution is -0.144. The van der Waals surface area contributed by atoms with Gasteiger partial charge in [-0.1, -0.05) is 6.08 Å². The van der Waals surface area contributed by atoms with Crippen LogP contribution in [0.4, 0.5) is 13.2 Å². The molecule has 0 aromatic rings. The molecule has 2 N–H and O–H groups in total. The third-order valence-corrected chi connectivity index (χ3v) is 3.55. The number of carbonyl (C=O) groups is 1. The molecule has 6 heteroatoms. The Morgan fingerprint density at radius 1 is 1.35 bits per heavy atom. The van der Waals surface area contributed by atoms with E-state index in [4.69, 9.17) is 5.11 Å². The van der Waals surface area contributed by atoms with Gasteiger partial charge in [0.2, 0.25) is 0 Å². The number of halogens is 3. The number of rotatable bonds is 4. The fourth-order valence-corrected chi connectivity index (χ4v) is 2.54. The molecule has 0 radical (unpaired) electrons. The smallest absolute Gasteiger partial charge is 0.391 e. The average Bonchev–Trinajstić information content (AvgIpc) is 2.82. The Labute approximate surface area is 113 Å². The van der Waals surface area contributed by atoms with Gasteiger partial charge < -0.3 is 10.4 Å². The number of aliphatic hydroxyl groups excluding tert-OH is 1. The third kappa shape index (κ3) is 2.31. The van der Waals surface area contributed by atoms with Crippen molar-refractivity contribution in [1.82, 2.24) is 5.32 Å². The van der Waals surface area contributed by atoms with Crippen molar-refractivity contribution in [3.63, 3.8) is 0 Å². The molecule has 3 aliphatic rings. The molecule has 3 rings (SSSR count). The van der Waals surface area contributed by atoms with Gasteiger partial charge in [0.25, 0.3) is 5.91 Å². The summed E-state index contributed by atoms with van der Waals surface area (Å²) in [5.74, 6) is -0.576. The largest absolute Gasteiger partial charge is 0.394 e. The fraction of sp³-hybridized carbons (Fsp3) is 0.357. The van der Waals surface area contributed by atoms with Crippen molar-refractivity contribution in [2.24, 2.45) is 0 Å². The minimum Gasteiger partial charge on any atom is -0.394 e. The van der Waals surface area contributed by atoms with Crippen molar-refractivity contribution in [3.8, 4) is 0 Å². The summed E-state index contributed by atoms with van der Waals surface area (Å²) in [5.41, 5.74) is 4.56. The summed E-state index contributed by atoms with van der Waals surface area (Å²) in [6.07, 6.45) is 0.599. The van der Waals surface area contributed by atoms with Gasteiger partial charge in [-0.3, -0.25) is 4.79 Å². The lowest BCUT2D eigenvalue weighted by Crippen LogP contribution is -2.41. The van der Waals surface area contributed by atoms with Crippen LogP contribution in [0.25, 0.3) is 0 Å². The van der Waals surface area contributed by atoms with Gasteiger partial charge in [-0.15, -0.1) is 0 Å². The second kappa shape index (κ2) is 4.34. The zero-order valence-corrected chi connectivity index (χ0v) is 10.4. The van der Waals surface area contributed by atoms with Crippen LogP contribution in [-0.4, -0.2) is 29.8 Å². The first kappa shape index (κ1) is 13.2. The molecule has 0 aromatic heterocycles. The predicted molar refractivity (Wildman–Crippen MR) is 65.6 cm³/mol. The molecule has 0 unspecified atom stereocenters. The summed E-state index contributed by atoms with van der Waals surface area (Å²) in [6.45, 7) is -0.743. The van der Waals surface area contributed by atoms with Crippen molar-refractivity contribution in [3.05, 3.63) is 46.1 Å². The minimum atomic E-state index is -4.42. The first-order valence-corrected chi connectivity index (χ1v) is 6.24. The van der Waals surface area contributed by atoms with E-state index in [0.717, 1.165) is 17.6 Å². The summed E-state index contributed by atoms with van der Waals surface area (Å²) in [5, 5.41) is 11.2. The van der Waals surface area contributed by atoms with Crippen LogP contribution in [0.5, 0.6) is 0 Å². The van der Waals surface area contributed by atoms with Gasteiger partial charge in [0.15, 0.2) is 0 Å².